The monoisotopic (exact) mass is 260 g/mol. The van der Waals surface area contributed by atoms with Crippen molar-refractivity contribution in [3.63, 3.8) is 0 Å². The summed E-state index contributed by atoms with van der Waals surface area (Å²) in [6.45, 7) is 3.71. The lowest BCUT2D eigenvalue weighted by molar-refractivity contribution is 0.0728. The van der Waals surface area contributed by atoms with Crippen LogP contribution in [0.25, 0.3) is 0 Å². The molecule has 0 aliphatic heterocycles. The van der Waals surface area contributed by atoms with Crippen LogP contribution in [0.4, 0.5) is 5.82 Å². The molecule has 0 atom stereocenters. The van der Waals surface area contributed by atoms with Crippen LogP contribution in [0.2, 0.25) is 0 Å². The highest BCUT2D eigenvalue weighted by Crippen LogP contribution is 2.35. The Labute approximate surface area is 113 Å². The van der Waals surface area contributed by atoms with Gasteiger partial charge in [-0.3, -0.25) is 4.79 Å². The second kappa shape index (κ2) is 5.15. The predicted octanol–water partition coefficient (Wildman–Crippen LogP) is 1.92. The first-order chi connectivity index (χ1) is 9.28. The molecule has 0 unspecified atom stereocenters. The molecule has 1 heterocycles. The molecule has 1 aromatic rings. The predicted molar refractivity (Wildman–Crippen MR) is 73.0 cm³/mol. The third-order valence-corrected chi connectivity index (χ3v) is 3.63. The number of nitrogens with one attached hydrogen (secondary N) is 1. The van der Waals surface area contributed by atoms with Crippen molar-refractivity contribution in [2.75, 3.05) is 18.4 Å². The molecule has 1 aromatic heterocycles. The molecule has 1 N–H and O–H groups in total. The minimum atomic E-state index is 0.0462. The van der Waals surface area contributed by atoms with E-state index in [0.717, 1.165) is 37.7 Å². The number of aromatic nitrogens is 2. The molecule has 0 aromatic carbocycles. The molecule has 2 saturated carbocycles. The number of hydrogen-bond acceptors (Lipinski definition) is 4. The van der Waals surface area contributed by atoms with Crippen LogP contribution in [0, 0.1) is 5.92 Å². The molecule has 0 radical (unpaired) electrons. The van der Waals surface area contributed by atoms with Gasteiger partial charge in [0.25, 0.3) is 5.91 Å². The number of anilines is 1. The van der Waals surface area contributed by atoms with Crippen LogP contribution in [-0.2, 0) is 0 Å². The Morgan fingerprint density at radius 2 is 2.11 bits per heavy atom. The van der Waals surface area contributed by atoms with Crippen LogP contribution in [-0.4, -0.2) is 39.9 Å². The van der Waals surface area contributed by atoms with Gasteiger partial charge in [-0.25, -0.2) is 9.97 Å². The standard InChI is InChI=1S/C14H20N4O/c1-2-15-13-8-16-12(7-17-13)14(19)18(11-5-6-11)9-10-3-4-10/h7-8,10-11H,2-6,9H2,1H3,(H,15,17). The summed E-state index contributed by atoms with van der Waals surface area (Å²) >= 11 is 0. The molecule has 1 amide bonds. The lowest BCUT2D eigenvalue weighted by atomic mass is 10.3. The van der Waals surface area contributed by atoms with Crippen LogP contribution in [0.5, 0.6) is 0 Å². The first-order valence-electron chi connectivity index (χ1n) is 7.15. The second-order valence-electron chi connectivity index (χ2n) is 5.45. The highest BCUT2D eigenvalue weighted by atomic mass is 16.2. The molecular weight excluding hydrogens is 240 g/mol. The topological polar surface area (TPSA) is 58.1 Å². The number of nitrogens with zero attached hydrogens (tertiary/aromatic N) is 3. The van der Waals surface area contributed by atoms with Crippen LogP contribution in [0.1, 0.15) is 43.1 Å². The summed E-state index contributed by atoms with van der Waals surface area (Å²) in [6, 6.07) is 0.448. The zero-order valence-corrected chi connectivity index (χ0v) is 11.3. The molecule has 2 aliphatic carbocycles. The molecule has 2 aliphatic rings. The normalized spacial score (nSPS) is 18.2. The van der Waals surface area contributed by atoms with E-state index in [1.54, 1.807) is 12.4 Å². The zero-order chi connectivity index (χ0) is 13.2. The molecule has 5 nitrogen and oxygen atoms in total. The number of hydrogen-bond donors (Lipinski definition) is 1. The maximum atomic E-state index is 12.5. The number of carbonyl (C=O) groups is 1. The van der Waals surface area contributed by atoms with Gasteiger partial charge in [0.15, 0.2) is 0 Å². The van der Waals surface area contributed by atoms with Crippen LogP contribution in [0.3, 0.4) is 0 Å². The fraction of sp³-hybridized carbons (Fsp3) is 0.643. The van der Waals surface area contributed by atoms with Crippen molar-refractivity contribution in [2.24, 2.45) is 5.92 Å². The van der Waals surface area contributed by atoms with Crippen LogP contribution in [0.15, 0.2) is 12.4 Å². The fourth-order valence-corrected chi connectivity index (χ4v) is 2.22. The third kappa shape index (κ3) is 3.03. The summed E-state index contributed by atoms with van der Waals surface area (Å²) in [5.74, 6) is 1.49. The largest absolute Gasteiger partial charge is 0.369 e. The summed E-state index contributed by atoms with van der Waals surface area (Å²) in [4.78, 5) is 22.9. The molecule has 3 rings (SSSR count). The first kappa shape index (κ1) is 12.4. The second-order valence-corrected chi connectivity index (χ2v) is 5.45. The van der Waals surface area contributed by atoms with Crippen LogP contribution < -0.4 is 5.32 Å². The van der Waals surface area contributed by atoms with E-state index in [1.165, 1.54) is 12.8 Å². The quantitative estimate of drug-likeness (QED) is 0.849. The average Bonchev–Trinajstić information content (AvgIpc) is 3.28. The SMILES string of the molecule is CCNc1cnc(C(=O)N(CC2CC2)C2CC2)cn1. The molecule has 19 heavy (non-hydrogen) atoms. The minimum absolute atomic E-state index is 0.0462. The summed E-state index contributed by atoms with van der Waals surface area (Å²) in [5.41, 5.74) is 0.467. The highest BCUT2D eigenvalue weighted by molar-refractivity contribution is 5.92. The Bertz CT molecular complexity index is 451. The van der Waals surface area contributed by atoms with Gasteiger partial charge in [-0.1, -0.05) is 0 Å². The van der Waals surface area contributed by atoms with E-state index in [1.807, 2.05) is 11.8 Å². The van der Waals surface area contributed by atoms with E-state index >= 15 is 0 Å². The van der Waals surface area contributed by atoms with Crippen molar-refractivity contribution in [1.82, 2.24) is 14.9 Å². The Balaban J connectivity index is 1.69. The van der Waals surface area contributed by atoms with Gasteiger partial charge in [0, 0.05) is 19.1 Å². The molecule has 0 spiro atoms. The van der Waals surface area contributed by atoms with Gasteiger partial charge in [0.2, 0.25) is 0 Å². The summed E-state index contributed by atoms with van der Waals surface area (Å²) in [5, 5.41) is 3.08. The fourth-order valence-electron chi connectivity index (χ4n) is 2.22. The van der Waals surface area contributed by atoms with E-state index in [0.29, 0.717) is 11.7 Å². The lowest BCUT2D eigenvalue weighted by Crippen LogP contribution is -2.35. The van der Waals surface area contributed by atoms with Gasteiger partial charge in [0.05, 0.1) is 12.4 Å². The Hall–Kier alpha value is -1.65. The lowest BCUT2D eigenvalue weighted by Gasteiger charge is -2.21. The zero-order valence-electron chi connectivity index (χ0n) is 11.3. The molecule has 2 fully saturated rings. The van der Waals surface area contributed by atoms with Crippen LogP contribution >= 0.6 is 0 Å². The average molecular weight is 260 g/mol. The first-order valence-corrected chi connectivity index (χ1v) is 7.15. The minimum Gasteiger partial charge on any atom is -0.369 e. The summed E-state index contributed by atoms with van der Waals surface area (Å²) < 4.78 is 0. The summed E-state index contributed by atoms with van der Waals surface area (Å²) in [6.07, 6.45) is 8.04. The van der Waals surface area contributed by atoms with Gasteiger partial charge in [-0.15, -0.1) is 0 Å². The Morgan fingerprint density at radius 3 is 2.63 bits per heavy atom. The molecule has 102 valence electrons. The van der Waals surface area contributed by atoms with Gasteiger partial charge < -0.3 is 10.2 Å². The molecular formula is C14H20N4O. The van der Waals surface area contributed by atoms with Gasteiger partial charge in [-0.05, 0) is 38.5 Å². The summed E-state index contributed by atoms with van der Waals surface area (Å²) in [7, 11) is 0. The molecule has 5 heteroatoms. The van der Waals surface area contributed by atoms with E-state index in [9.17, 15) is 4.79 Å². The number of amides is 1. The molecule has 0 saturated heterocycles. The maximum absolute atomic E-state index is 12.5. The van der Waals surface area contributed by atoms with E-state index in [-0.39, 0.29) is 5.91 Å². The van der Waals surface area contributed by atoms with Gasteiger partial charge in [0.1, 0.15) is 11.5 Å². The number of carbonyl (C=O) groups excluding carboxylic acids is 1. The molecule has 0 bridgehead atoms. The van der Waals surface area contributed by atoms with Crippen molar-refractivity contribution in [3.05, 3.63) is 18.1 Å². The van der Waals surface area contributed by atoms with E-state index in [2.05, 4.69) is 15.3 Å². The third-order valence-electron chi connectivity index (χ3n) is 3.63. The van der Waals surface area contributed by atoms with Crippen molar-refractivity contribution in [1.29, 1.82) is 0 Å². The van der Waals surface area contributed by atoms with Crippen molar-refractivity contribution < 1.29 is 4.79 Å². The van der Waals surface area contributed by atoms with Gasteiger partial charge in [-0.2, -0.15) is 0 Å². The van der Waals surface area contributed by atoms with Crippen molar-refractivity contribution >= 4 is 11.7 Å². The van der Waals surface area contributed by atoms with Gasteiger partial charge >= 0.3 is 0 Å². The Morgan fingerprint density at radius 1 is 1.32 bits per heavy atom. The van der Waals surface area contributed by atoms with Crippen molar-refractivity contribution in [3.8, 4) is 0 Å². The van der Waals surface area contributed by atoms with E-state index < -0.39 is 0 Å². The Kier molecular flexibility index (Phi) is 3.36. The van der Waals surface area contributed by atoms with Crippen molar-refractivity contribution in [2.45, 2.75) is 38.6 Å². The highest BCUT2D eigenvalue weighted by Gasteiger charge is 2.37. The smallest absolute Gasteiger partial charge is 0.274 e. The number of rotatable bonds is 6. The maximum Gasteiger partial charge on any atom is 0.274 e. The van der Waals surface area contributed by atoms with E-state index in [4.69, 9.17) is 0 Å².